The minimum absolute atomic E-state index is 0.0192. The van der Waals surface area contributed by atoms with Crippen molar-refractivity contribution in [3.8, 4) is 5.75 Å². The second-order valence-corrected chi connectivity index (χ2v) is 6.24. The molecule has 0 saturated heterocycles. The Labute approximate surface area is 127 Å². The molecule has 114 valence electrons. The summed E-state index contributed by atoms with van der Waals surface area (Å²) in [5, 5.41) is 9.56. The predicted molar refractivity (Wildman–Crippen MR) is 80.2 cm³/mol. The van der Waals surface area contributed by atoms with Crippen molar-refractivity contribution in [2.24, 2.45) is 0 Å². The number of hydrogen-bond acceptors (Lipinski definition) is 5. The number of methoxy groups -OCH3 is 1. The molecule has 0 fully saturated rings. The summed E-state index contributed by atoms with van der Waals surface area (Å²) in [6, 6.07) is 4.62. The van der Waals surface area contributed by atoms with Gasteiger partial charge < -0.3 is 10.1 Å². The molecule has 1 aromatic heterocycles. The first-order chi connectivity index (χ1) is 9.97. The molecule has 0 aliphatic carbocycles. The van der Waals surface area contributed by atoms with Gasteiger partial charge in [0.2, 0.25) is 0 Å². The number of hydrogen-bond donors (Lipinski definition) is 3. The Balaban J connectivity index is 2.31. The second-order valence-electron chi connectivity index (χ2n) is 4.21. The maximum absolute atomic E-state index is 12.4. The highest BCUT2D eigenvalue weighted by molar-refractivity contribution is 7.92. The van der Waals surface area contributed by atoms with Crippen LogP contribution in [0.5, 0.6) is 5.75 Å². The third kappa shape index (κ3) is 3.46. The monoisotopic (exact) mass is 330 g/mol. The Kier molecular flexibility index (Phi) is 4.71. The van der Waals surface area contributed by atoms with Crippen molar-refractivity contribution >= 4 is 27.3 Å². The van der Waals surface area contributed by atoms with Crippen LogP contribution in [-0.2, 0) is 16.6 Å². The number of sulfonamides is 1. The van der Waals surface area contributed by atoms with Gasteiger partial charge in [0.25, 0.3) is 10.0 Å². The van der Waals surface area contributed by atoms with Gasteiger partial charge in [-0.3, -0.25) is 9.82 Å². The minimum atomic E-state index is -3.77. The van der Waals surface area contributed by atoms with Crippen LogP contribution in [-0.4, -0.2) is 32.8 Å². The van der Waals surface area contributed by atoms with Crippen LogP contribution < -0.4 is 14.8 Å². The average molecular weight is 331 g/mol. The lowest BCUT2D eigenvalue weighted by molar-refractivity contribution is 0.415. The lowest BCUT2D eigenvalue weighted by atomic mass is 10.3. The Morgan fingerprint density at radius 3 is 2.86 bits per heavy atom. The zero-order valence-electron chi connectivity index (χ0n) is 11.5. The molecule has 0 atom stereocenters. The molecule has 0 amide bonds. The number of rotatable bonds is 6. The lowest BCUT2D eigenvalue weighted by Gasteiger charge is -2.10. The largest absolute Gasteiger partial charge is 0.495 e. The topological polar surface area (TPSA) is 96.1 Å². The van der Waals surface area contributed by atoms with Gasteiger partial charge in [-0.15, -0.1) is 0 Å². The molecule has 0 saturated carbocycles. The SMILES string of the molecule is CNCc1cn[nH]c1S(=O)(=O)Nc1ccc(Cl)c(OC)c1. The van der Waals surface area contributed by atoms with Crippen molar-refractivity contribution in [1.29, 1.82) is 0 Å². The third-order valence-corrected chi connectivity index (χ3v) is 4.43. The number of aromatic nitrogens is 2. The van der Waals surface area contributed by atoms with E-state index < -0.39 is 10.0 Å². The average Bonchev–Trinajstić information content (AvgIpc) is 2.90. The molecule has 2 aromatic rings. The molecular formula is C12H15ClN4O3S. The zero-order valence-corrected chi connectivity index (χ0v) is 13.0. The molecule has 0 bridgehead atoms. The van der Waals surface area contributed by atoms with E-state index in [4.69, 9.17) is 16.3 Å². The molecule has 0 aliphatic rings. The number of ether oxygens (including phenoxy) is 1. The van der Waals surface area contributed by atoms with Crippen LogP contribution in [0, 0.1) is 0 Å². The van der Waals surface area contributed by atoms with Gasteiger partial charge in [-0.25, -0.2) is 0 Å². The number of nitrogens with zero attached hydrogens (tertiary/aromatic N) is 1. The van der Waals surface area contributed by atoms with Crippen molar-refractivity contribution in [2.75, 3.05) is 18.9 Å². The van der Waals surface area contributed by atoms with Crippen LogP contribution in [0.1, 0.15) is 5.56 Å². The summed E-state index contributed by atoms with van der Waals surface area (Å²) in [4.78, 5) is 0. The Hall–Kier alpha value is -1.77. The molecular weight excluding hydrogens is 316 g/mol. The molecule has 0 aliphatic heterocycles. The van der Waals surface area contributed by atoms with Crippen LogP contribution in [0.2, 0.25) is 5.02 Å². The molecule has 1 heterocycles. The number of nitrogens with one attached hydrogen (secondary N) is 3. The summed E-state index contributed by atoms with van der Waals surface area (Å²) in [6.45, 7) is 0.386. The highest BCUT2D eigenvalue weighted by atomic mass is 35.5. The quantitative estimate of drug-likeness (QED) is 0.747. The maximum atomic E-state index is 12.4. The summed E-state index contributed by atoms with van der Waals surface area (Å²) < 4.78 is 32.2. The Morgan fingerprint density at radius 1 is 1.43 bits per heavy atom. The first-order valence-corrected chi connectivity index (χ1v) is 7.87. The van der Waals surface area contributed by atoms with Gasteiger partial charge in [0.05, 0.1) is 24.0 Å². The van der Waals surface area contributed by atoms with Gasteiger partial charge in [-0.1, -0.05) is 11.6 Å². The standard InChI is InChI=1S/C12H15ClN4O3S/c1-14-6-8-7-15-16-12(8)21(18,19)17-9-3-4-10(13)11(5-9)20-2/h3-5,7,14,17H,6H2,1-2H3,(H,15,16). The van der Waals surface area contributed by atoms with Gasteiger partial charge >= 0.3 is 0 Å². The summed E-state index contributed by atoms with van der Waals surface area (Å²) >= 11 is 5.91. The van der Waals surface area contributed by atoms with Gasteiger partial charge in [0.15, 0.2) is 5.03 Å². The van der Waals surface area contributed by atoms with E-state index in [9.17, 15) is 8.42 Å². The summed E-state index contributed by atoms with van der Waals surface area (Å²) in [5.74, 6) is 0.386. The number of benzene rings is 1. The number of halogens is 1. The zero-order chi connectivity index (χ0) is 15.5. The van der Waals surface area contributed by atoms with Crippen LogP contribution in [0.3, 0.4) is 0 Å². The van der Waals surface area contributed by atoms with E-state index in [-0.39, 0.29) is 5.03 Å². The van der Waals surface area contributed by atoms with Crippen molar-refractivity contribution in [3.05, 3.63) is 35.0 Å². The number of aromatic amines is 1. The normalized spacial score (nSPS) is 11.4. The van der Waals surface area contributed by atoms with Crippen molar-refractivity contribution < 1.29 is 13.2 Å². The smallest absolute Gasteiger partial charge is 0.279 e. The molecule has 7 nitrogen and oxygen atoms in total. The van der Waals surface area contributed by atoms with Crippen LogP contribution in [0.25, 0.3) is 0 Å². The van der Waals surface area contributed by atoms with Crippen molar-refractivity contribution in [3.63, 3.8) is 0 Å². The highest BCUT2D eigenvalue weighted by Crippen LogP contribution is 2.28. The van der Waals surface area contributed by atoms with Crippen LogP contribution in [0.15, 0.2) is 29.4 Å². The molecule has 21 heavy (non-hydrogen) atoms. The van der Waals surface area contributed by atoms with Gasteiger partial charge in [-0.05, 0) is 19.2 Å². The van der Waals surface area contributed by atoms with Crippen molar-refractivity contribution in [2.45, 2.75) is 11.6 Å². The molecule has 1 aromatic carbocycles. The van der Waals surface area contributed by atoms with Crippen molar-refractivity contribution in [1.82, 2.24) is 15.5 Å². The fraction of sp³-hybridized carbons (Fsp3) is 0.250. The summed E-state index contributed by atoms with van der Waals surface area (Å²) in [6.07, 6.45) is 1.47. The Morgan fingerprint density at radius 2 is 2.19 bits per heavy atom. The third-order valence-electron chi connectivity index (χ3n) is 2.72. The summed E-state index contributed by atoms with van der Waals surface area (Å²) in [7, 11) is -0.587. The molecule has 0 spiro atoms. The van der Waals surface area contributed by atoms with E-state index in [0.29, 0.717) is 28.6 Å². The Bertz CT molecular complexity index is 730. The molecule has 0 unspecified atom stereocenters. The van der Waals surface area contributed by atoms with E-state index in [1.165, 1.54) is 19.4 Å². The van der Waals surface area contributed by atoms with Gasteiger partial charge in [0, 0.05) is 18.2 Å². The van der Waals surface area contributed by atoms with Gasteiger partial charge in [0.1, 0.15) is 5.75 Å². The van der Waals surface area contributed by atoms with E-state index in [1.54, 1.807) is 19.2 Å². The maximum Gasteiger partial charge on any atom is 0.279 e. The summed E-state index contributed by atoms with van der Waals surface area (Å²) in [5.41, 5.74) is 0.896. The predicted octanol–water partition coefficient (Wildman–Crippen LogP) is 1.59. The van der Waals surface area contributed by atoms with Gasteiger partial charge in [-0.2, -0.15) is 13.5 Å². The number of anilines is 1. The van der Waals surface area contributed by atoms with Crippen LogP contribution in [0.4, 0.5) is 5.69 Å². The van der Waals surface area contributed by atoms with E-state index in [0.717, 1.165) is 0 Å². The fourth-order valence-electron chi connectivity index (χ4n) is 1.78. The van der Waals surface area contributed by atoms with E-state index in [1.807, 2.05) is 0 Å². The number of H-pyrrole nitrogens is 1. The lowest BCUT2D eigenvalue weighted by Crippen LogP contribution is -2.17. The molecule has 0 radical (unpaired) electrons. The molecule has 3 N–H and O–H groups in total. The molecule has 2 rings (SSSR count). The minimum Gasteiger partial charge on any atom is -0.495 e. The fourth-order valence-corrected chi connectivity index (χ4v) is 3.15. The molecule has 9 heteroatoms. The highest BCUT2D eigenvalue weighted by Gasteiger charge is 2.21. The van der Waals surface area contributed by atoms with E-state index >= 15 is 0 Å². The first-order valence-electron chi connectivity index (χ1n) is 6.01. The van der Waals surface area contributed by atoms with Crippen LogP contribution >= 0.6 is 11.6 Å². The first kappa shape index (κ1) is 15.6. The second kappa shape index (κ2) is 6.33. The van der Waals surface area contributed by atoms with E-state index in [2.05, 4.69) is 20.2 Å².